The van der Waals surface area contributed by atoms with Crippen LogP contribution in [-0.2, 0) is 4.74 Å². The minimum absolute atomic E-state index is 0.425. The zero-order chi connectivity index (χ0) is 18.3. The van der Waals surface area contributed by atoms with Crippen LogP contribution in [0.5, 0.6) is 0 Å². The quantitative estimate of drug-likeness (QED) is 0.489. The van der Waals surface area contributed by atoms with Gasteiger partial charge in [-0.25, -0.2) is 15.0 Å². The van der Waals surface area contributed by atoms with Crippen molar-refractivity contribution >= 4 is 11.2 Å². The molecule has 4 rings (SSSR count). The molecule has 9 heteroatoms. The minimum Gasteiger partial charge on any atom is -0.394 e. The summed E-state index contributed by atoms with van der Waals surface area (Å²) in [7, 11) is 0. The molecule has 0 bridgehead atoms. The van der Waals surface area contributed by atoms with E-state index >= 15 is 0 Å². The molecule has 0 unspecified atom stereocenters. The molecule has 0 aliphatic carbocycles. The summed E-state index contributed by atoms with van der Waals surface area (Å²) < 4.78 is 7.08. The molecule has 3 aromatic rings. The van der Waals surface area contributed by atoms with Crippen molar-refractivity contribution in [2.45, 2.75) is 30.6 Å². The van der Waals surface area contributed by atoms with Crippen LogP contribution >= 0.6 is 0 Å². The number of hydrogen-bond donors (Lipinski definition) is 4. The molecule has 2 aromatic heterocycles. The van der Waals surface area contributed by atoms with Crippen LogP contribution in [0.3, 0.4) is 0 Å². The largest absolute Gasteiger partial charge is 0.394 e. The second-order valence-corrected chi connectivity index (χ2v) is 6.13. The lowest BCUT2D eigenvalue weighted by molar-refractivity contribution is -0.0962. The fourth-order valence-corrected chi connectivity index (χ4v) is 3.18. The molecule has 5 atom stereocenters. The molecule has 1 aromatic carbocycles. The van der Waals surface area contributed by atoms with Crippen molar-refractivity contribution in [3.63, 3.8) is 0 Å². The molecular weight excluding hydrogens is 340 g/mol. The van der Waals surface area contributed by atoms with E-state index < -0.39 is 37.3 Å². The van der Waals surface area contributed by atoms with Crippen molar-refractivity contribution < 1.29 is 25.2 Å². The fraction of sp³-hybridized carbons (Fsp3) is 0.353. The predicted octanol–water partition coefficient (Wildman–Crippen LogP) is -0.534. The van der Waals surface area contributed by atoms with Crippen molar-refractivity contribution in [1.82, 2.24) is 19.5 Å². The van der Waals surface area contributed by atoms with E-state index in [9.17, 15) is 15.3 Å². The van der Waals surface area contributed by atoms with E-state index in [2.05, 4.69) is 15.0 Å². The number of nitrogens with zero attached hydrogens (tertiary/aromatic N) is 4. The number of imidazole rings is 1. The van der Waals surface area contributed by atoms with Crippen LogP contribution in [0.4, 0.5) is 0 Å². The van der Waals surface area contributed by atoms with E-state index in [1.807, 2.05) is 30.3 Å². The first-order valence-corrected chi connectivity index (χ1v) is 8.15. The number of ether oxygens (including phenoxy) is 1. The second kappa shape index (κ2) is 6.71. The van der Waals surface area contributed by atoms with Gasteiger partial charge in [0.15, 0.2) is 11.9 Å². The van der Waals surface area contributed by atoms with Gasteiger partial charge in [-0.15, -0.1) is 0 Å². The molecule has 9 nitrogen and oxygen atoms in total. The smallest absolute Gasteiger partial charge is 0.166 e. The first-order valence-electron chi connectivity index (χ1n) is 8.15. The van der Waals surface area contributed by atoms with E-state index in [0.717, 1.165) is 5.56 Å². The van der Waals surface area contributed by atoms with Crippen LogP contribution in [0.25, 0.3) is 22.4 Å². The third-order valence-corrected chi connectivity index (χ3v) is 4.52. The van der Waals surface area contributed by atoms with Crippen LogP contribution in [0.1, 0.15) is 6.23 Å². The van der Waals surface area contributed by atoms with E-state index in [1.165, 1.54) is 17.2 Å². The summed E-state index contributed by atoms with van der Waals surface area (Å²) in [5, 5.41) is 39.3. The third kappa shape index (κ3) is 2.66. The molecule has 4 N–H and O–H groups in total. The van der Waals surface area contributed by atoms with Crippen LogP contribution in [0.15, 0.2) is 43.0 Å². The maximum absolute atomic E-state index is 10.3. The Morgan fingerprint density at radius 1 is 1.08 bits per heavy atom. The first kappa shape index (κ1) is 17.0. The average Bonchev–Trinajstić information content (AvgIpc) is 3.23. The molecule has 3 heterocycles. The Morgan fingerprint density at radius 3 is 2.58 bits per heavy atom. The first-order chi connectivity index (χ1) is 12.6. The zero-order valence-corrected chi connectivity index (χ0v) is 13.6. The van der Waals surface area contributed by atoms with Gasteiger partial charge in [0.2, 0.25) is 0 Å². The number of hydrogen-bond acceptors (Lipinski definition) is 8. The second-order valence-electron chi connectivity index (χ2n) is 6.13. The SMILES string of the molecule is OC[C@@H](O)[C@H]1O[C@@H](n2cnc3c(-c4ccccc4)ncnc32)[C@H](O)[C@@H]1O. The molecule has 1 aliphatic rings. The van der Waals surface area contributed by atoms with Gasteiger partial charge >= 0.3 is 0 Å². The Kier molecular flexibility index (Phi) is 4.39. The van der Waals surface area contributed by atoms with Gasteiger partial charge < -0.3 is 25.2 Å². The molecule has 1 saturated heterocycles. The van der Waals surface area contributed by atoms with Crippen LogP contribution < -0.4 is 0 Å². The average molecular weight is 358 g/mol. The van der Waals surface area contributed by atoms with Crippen molar-refractivity contribution in [3.05, 3.63) is 43.0 Å². The summed E-state index contributed by atoms with van der Waals surface area (Å²) in [5.41, 5.74) is 2.45. The van der Waals surface area contributed by atoms with Gasteiger partial charge in [-0.2, -0.15) is 0 Å². The Morgan fingerprint density at radius 2 is 1.85 bits per heavy atom. The van der Waals surface area contributed by atoms with Gasteiger partial charge in [0.1, 0.15) is 42.0 Å². The highest BCUT2D eigenvalue weighted by Gasteiger charge is 2.47. The van der Waals surface area contributed by atoms with Crippen molar-refractivity contribution in [3.8, 4) is 11.3 Å². The molecule has 26 heavy (non-hydrogen) atoms. The maximum Gasteiger partial charge on any atom is 0.166 e. The lowest BCUT2D eigenvalue weighted by Gasteiger charge is -2.18. The van der Waals surface area contributed by atoms with Crippen LogP contribution in [0, 0.1) is 0 Å². The summed E-state index contributed by atoms with van der Waals surface area (Å²) in [5.74, 6) is 0. The van der Waals surface area contributed by atoms with E-state index in [-0.39, 0.29) is 0 Å². The Labute approximate surface area is 148 Å². The molecule has 1 aliphatic heterocycles. The highest BCUT2D eigenvalue weighted by atomic mass is 16.6. The Balaban J connectivity index is 1.75. The van der Waals surface area contributed by atoms with Crippen molar-refractivity contribution in [2.75, 3.05) is 6.61 Å². The lowest BCUT2D eigenvalue weighted by Crippen LogP contribution is -2.40. The molecule has 0 spiro atoms. The Hall–Kier alpha value is -2.43. The molecule has 0 radical (unpaired) electrons. The molecule has 1 fully saturated rings. The zero-order valence-electron chi connectivity index (χ0n) is 13.6. The summed E-state index contributed by atoms with van der Waals surface area (Å²) in [4.78, 5) is 12.9. The van der Waals surface area contributed by atoms with Crippen LogP contribution in [0.2, 0.25) is 0 Å². The van der Waals surface area contributed by atoms with Crippen LogP contribution in [-0.4, -0.2) is 71.0 Å². The normalized spacial score (nSPS) is 27.1. The van der Waals surface area contributed by atoms with Crippen molar-refractivity contribution in [1.29, 1.82) is 0 Å². The third-order valence-electron chi connectivity index (χ3n) is 4.52. The van der Waals surface area contributed by atoms with Gasteiger partial charge in [0.05, 0.1) is 12.9 Å². The minimum atomic E-state index is -1.35. The summed E-state index contributed by atoms with van der Waals surface area (Å²) in [6, 6.07) is 9.48. The monoisotopic (exact) mass is 358 g/mol. The van der Waals surface area contributed by atoms with Gasteiger partial charge in [-0.05, 0) is 0 Å². The number of benzene rings is 1. The molecule has 0 amide bonds. The number of rotatable bonds is 4. The highest BCUT2D eigenvalue weighted by Crippen LogP contribution is 2.34. The fourth-order valence-electron chi connectivity index (χ4n) is 3.18. The summed E-state index contributed by atoms with van der Waals surface area (Å²) >= 11 is 0. The number of aromatic nitrogens is 4. The highest BCUT2D eigenvalue weighted by molar-refractivity contribution is 5.87. The van der Waals surface area contributed by atoms with Crippen molar-refractivity contribution in [2.24, 2.45) is 0 Å². The predicted molar refractivity (Wildman–Crippen MR) is 89.8 cm³/mol. The number of aliphatic hydroxyl groups is 4. The molecular formula is C17H18N4O5. The molecule has 0 saturated carbocycles. The number of aliphatic hydroxyl groups excluding tert-OH is 4. The van der Waals surface area contributed by atoms with E-state index in [0.29, 0.717) is 16.9 Å². The Bertz CT molecular complexity index is 903. The standard InChI is InChI=1S/C17H18N4O5/c22-6-10(23)15-13(24)14(25)17(26-15)21-8-20-12-11(18-7-19-16(12)21)9-4-2-1-3-5-9/h1-5,7-8,10,13-15,17,22-25H,6H2/t10-,13+,14-,15-,17-/m1/s1. The van der Waals surface area contributed by atoms with E-state index in [4.69, 9.17) is 9.84 Å². The van der Waals surface area contributed by atoms with Gasteiger partial charge in [0.25, 0.3) is 0 Å². The van der Waals surface area contributed by atoms with Gasteiger partial charge in [-0.3, -0.25) is 4.57 Å². The summed E-state index contributed by atoms with van der Waals surface area (Å²) in [6.45, 7) is -0.591. The van der Waals surface area contributed by atoms with Gasteiger partial charge in [-0.1, -0.05) is 30.3 Å². The number of fused-ring (bicyclic) bond motifs is 1. The summed E-state index contributed by atoms with van der Waals surface area (Å²) in [6.07, 6.45) is -3.26. The topological polar surface area (TPSA) is 134 Å². The van der Waals surface area contributed by atoms with Gasteiger partial charge in [0, 0.05) is 5.56 Å². The van der Waals surface area contributed by atoms with E-state index in [1.54, 1.807) is 0 Å². The molecule has 136 valence electrons. The lowest BCUT2D eigenvalue weighted by atomic mass is 10.1. The maximum atomic E-state index is 10.3.